The number of hydrogen-bond acceptors (Lipinski definition) is 1. The summed E-state index contributed by atoms with van der Waals surface area (Å²) in [6.45, 7) is 1.08. The molecule has 0 fully saturated rings. The molecule has 0 spiro atoms. The van der Waals surface area contributed by atoms with Gasteiger partial charge in [0.05, 0.1) is 0 Å². The standard InChI is InChI=1S/C2H4O2.Mg.2H/c1-2(3)4;;;/h1H3,(H,3,4);;;/q;+2;2*-1. The van der Waals surface area contributed by atoms with Gasteiger partial charge in [0.15, 0.2) is 0 Å². The zero-order valence-electron chi connectivity index (χ0n) is 5.06. The fraction of sp³-hybridized carbons (Fsp3) is 0.500. The van der Waals surface area contributed by atoms with Crippen LogP contribution in [-0.4, -0.2) is 34.1 Å². The summed E-state index contributed by atoms with van der Waals surface area (Å²) in [5.41, 5.74) is 0. The Labute approximate surface area is 49.3 Å². The maximum atomic E-state index is 9.00. The largest absolute Gasteiger partial charge is 2.00 e. The van der Waals surface area contributed by atoms with E-state index in [4.69, 9.17) is 9.90 Å². The Kier molecular flexibility index (Phi) is 7.60. The first-order valence-corrected chi connectivity index (χ1v) is 0.928. The van der Waals surface area contributed by atoms with E-state index < -0.39 is 5.97 Å². The van der Waals surface area contributed by atoms with Crippen molar-refractivity contribution in [2.24, 2.45) is 0 Å². The molecule has 0 aromatic carbocycles. The van der Waals surface area contributed by atoms with Crippen molar-refractivity contribution < 1.29 is 12.8 Å². The second-order valence-corrected chi connectivity index (χ2v) is 0.519. The van der Waals surface area contributed by atoms with E-state index in [1.807, 2.05) is 0 Å². The molecule has 2 nitrogen and oxygen atoms in total. The molecule has 0 aromatic rings. The number of hydrogen-bond donors (Lipinski definition) is 1. The summed E-state index contributed by atoms with van der Waals surface area (Å²) < 4.78 is 0. The van der Waals surface area contributed by atoms with Crippen LogP contribution in [0.2, 0.25) is 0 Å². The SMILES string of the molecule is CC(=O)O.[H-].[H-].[Mg+2]. The van der Waals surface area contributed by atoms with Gasteiger partial charge >= 0.3 is 23.1 Å². The van der Waals surface area contributed by atoms with Crippen LogP contribution in [-0.2, 0) is 4.79 Å². The van der Waals surface area contributed by atoms with Gasteiger partial charge in [0.1, 0.15) is 0 Å². The van der Waals surface area contributed by atoms with Crippen LogP contribution in [0.4, 0.5) is 0 Å². The zero-order valence-corrected chi connectivity index (χ0v) is 4.48. The van der Waals surface area contributed by atoms with Crippen molar-refractivity contribution in [3.63, 3.8) is 0 Å². The molecular weight excluding hydrogens is 80.3 g/mol. The van der Waals surface area contributed by atoms with E-state index in [0.29, 0.717) is 0 Å². The molecule has 0 aliphatic heterocycles. The molecule has 0 heterocycles. The quantitative estimate of drug-likeness (QED) is 0.419. The number of carboxylic acids is 1. The van der Waals surface area contributed by atoms with Crippen LogP contribution in [0.3, 0.4) is 0 Å². The predicted octanol–water partition coefficient (Wildman–Crippen LogP) is -0.0649. The van der Waals surface area contributed by atoms with E-state index in [1.54, 1.807) is 0 Å². The van der Waals surface area contributed by atoms with Crippen molar-refractivity contribution in [3.8, 4) is 0 Å². The van der Waals surface area contributed by atoms with Gasteiger partial charge in [-0.25, -0.2) is 0 Å². The molecule has 0 aliphatic rings. The van der Waals surface area contributed by atoms with E-state index in [-0.39, 0.29) is 25.9 Å². The Morgan fingerprint density at radius 1 is 2.00 bits per heavy atom. The number of rotatable bonds is 0. The maximum Gasteiger partial charge on any atom is 2.00 e. The average molecular weight is 86.4 g/mol. The van der Waals surface area contributed by atoms with Gasteiger partial charge in [-0.05, 0) is 0 Å². The number of aliphatic carboxylic acids is 1. The monoisotopic (exact) mass is 86.0 g/mol. The molecule has 1 N–H and O–H groups in total. The van der Waals surface area contributed by atoms with E-state index in [1.165, 1.54) is 0 Å². The minimum Gasteiger partial charge on any atom is -1.00 e. The molecule has 0 saturated heterocycles. The maximum absolute atomic E-state index is 9.00. The summed E-state index contributed by atoms with van der Waals surface area (Å²) in [7, 11) is 0. The average Bonchev–Trinajstić information content (AvgIpc) is 0.811. The third kappa shape index (κ3) is 380. The van der Waals surface area contributed by atoms with Crippen LogP contribution in [0.1, 0.15) is 9.78 Å². The number of carbonyl (C=O) groups is 1. The van der Waals surface area contributed by atoms with Gasteiger partial charge in [-0.3, -0.25) is 4.79 Å². The molecule has 0 radical (unpaired) electrons. The Hall–Kier alpha value is 0.236. The van der Waals surface area contributed by atoms with Gasteiger partial charge in [0.25, 0.3) is 5.97 Å². The molecule has 0 unspecified atom stereocenters. The summed E-state index contributed by atoms with van der Waals surface area (Å²) in [6.07, 6.45) is 0. The Balaban J connectivity index is -0.0000000150. The van der Waals surface area contributed by atoms with Crippen LogP contribution in [0, 0.1) is 0 Å². The molecular formula is C2H6MgO2. The van der Waals surface area contributed by atoms with Gasteiger partial charge in [0, 0.05) is 6.92 Å². The van der Waals surface area contributed by atoms with E-state index in [0.717, 1.165) is 6.92 Å². The normalized spacial score (nSPS) is 5.00. The first-order valence-electron chi connectivity index (χ1n) is 0.928. The van der Waals surface area contributed by atoms with Crippen molar-refractivity contribution in [3.05, 3.63) is 0 Å². The molecule has 0 saturated carbocycles. The predicted molar refractivity (Wildman–Crippen MR) is 21.3 cm³/mol. The fourth-order valence-corrected chi connectivity index (χ4v) is 0. The van der Waals surface area contributed by atoms with Gasteiger partial charge in [-0.2, -0.15) is 0 Å². The van der Waals surface area contributed by atoms with E-state index >= 15 is 0 Å². The molecule has 0 aromatic heterocycles. The van der Waals surface area contributed by atoms with E-state index in [2.05, 4.69) is 0 Å². The molecule has 3 heteroatoms. The topological polar surface area (TPSA) is 37.3 Å². The molecule has 5 heavy (non-hydrogen) atoms. The third-order valence-electron chi connectivity index (χ3n) is 0. The molecule has 0 amide bonds. The number of carboxylic acid groups (broad SMARTS) is 1. The minimum absolute atomic E-state index is 0. The van der Waals surface area contributed by atoms with Crippen molar-refractivity contribution in [2.45, 2.75) is 6.92 Å². The second kappa shape index (κ2) is 4.24. The Morgan fingerprint density at radius 3 is 2.00 bits per heavy atom. The summed E-state index contributed by atoms with van der Waals surface area (Å²) in [5.74, 6) is -0.833. The van der Waals surface area contributed by atoms with Crippen molar-refractivity contribution in [2.75, 3.05) is 0 Å². The van der Waals surface area contributed by atoms with Crippen LogP contribution in [0.15, 0.2) is 0 Å². The molecule has 0 atom stereocenters. The van der Waals surface area contributed by atoms with Gasteiger partial charge in [-0.1, -0.05) is 0 Å². The summed E-state index contributed by atoms with van der Waals surface area (Å²) in [5, 5.41) is 7.42. The minimum atomic E-state index is -0.833. The van der Waals surface area contributed by atoms with Crippen LogP contribution < -0.4 is 0 Å². The van der Waals surface area contributed by atoms with Crippen LogP contribution in [0.25, 0.3) is 0 Å². The second-order valence-electron chi connectivity index (χ2n) is 0.519. The first-order chi connectivity index (χ1) is 1.73. The van der Waals surface area contributed by atoms with Crippen molar-refractivity contribution >= 4 is 29.0 Å². The van der Waals surface area contributed by atoms with Gasteiger partial charge in [0.2, 0.25) is 0 Å². The van der Waals surface area contributed by atoms with Crippen molar-refractivity contribution in [1.29, 1.82) is 0 Å². The van der Waals surface area contributed by atoms with Gasteiger partial charge < -0.3 is 7.96 Å². The molecule has 0 aliphatic carbocycles. The van der Waals surface area contributed by atoms with Crippen LogP contribution in [0.5, 0.6) is 0 Å². The fourth-order valence-electron chi connectivity index (χ4n) is 0. The summed E-state index contributed by atoms with van der Waals surface area (Å²) in [4.78, 5) is 9.00. The van der Waals surface area contributed by atoms with Gasteiger partial charge in [-0.15, -0.1) is 0 Å². The smallest absolute Gasteiger partial charge is 1.00 e. The Bertz CT molecular complexity index is 36.7. The molecule has 0 bridgehead atoms. The molecule has 28 valence electrons. The summed E-state index contributed by atoms with van der Waals surface area (Å²) >= 11 is 0. The Morgan fingerprint density at radius 2 is 2.00 bits per heavy atom. The van der Waals surface area contributed by atoms with E-state index in [9.17, 15) is 0 Å². The zero-order chi connectivity index (χ0) is 3.58. The third-order valence-corrected chi connectivity index (χ3v) is 0. The summed E-state index contributed by atoms with van der Waals surface area (Å²) in [6, 6.07) is 0. The first kappa shape index (κ1) is 8.97. The molecule has 0 rings (SSSR count). The van der Waals surface area contributed by atoms with Crippen molar-refractivity contribution in [1.82, 2.24) is 0 Å². The van der Waals surface area contributed by atoms with Crippen LogP contribution >= 0.6 is 0 Å².